The monoisotopic (exact) mass is 283 g/mol. The standard InChI is InChI=1S/C19H41N/c1-4-7-10-12-15-18-20(17-14-9-6-3)19-16-13-11-8-5-2/h4-19H2,1-3H3. The third-order valence-electron chi connectivity index (χ3n) is 4.23. The van der Waals surface area contributed by atoms with Crippen LogP contribution in [0.4, 0.5) is 0 Å². The highest BCUT2D eigenvalue weighted by Gasteiger charge is 2.04. The fourth-order valence-electron chi connectivity index (χ4n) is 2.80. The van der Waals surface area contributed by atoms with Gasteiger partial charge >= 0.3 is 0 Å². The largest absolute Gasteiger partial charge is 0.303 e. The van der Waals surface area contributed by atoms with E-state index in [1.165, 1.54) is 103 Å². The average molecular weight is 284 g/mol. The van der Waals surface area contributed by atoms with Crippen LogP contribution in [0.3, 0.4) is 0 Å². The van der Waals surface area contributed by atoms with Gasteiger partial charge in [0.15, 0.2) is 0 Å². The summed E-state index contributed by atoms with van der Waals surface area (Å²) in [6, 6.07) is 0. The van der Waals surface area contributed by atoms with Crippen LogP contribution >= 0.6 is 0 Å². The highest BCUT2D eigenvalue weighted by Crippen LogP contribution is 2.08. The molecule has 1 nitrogen and oxygen atoms in total. The molecular weight excluding hydrogens is 242 g/mol. The van der Waals surface area contributed by atoms with Gasteiger partial charge < -0.3 is 4.90 Å². The van der Waals surface area contributed by atoms with Crippen molar-refractivity contribution in [3.8, 4) is 0 Å². The lowest BCUT2D eigenvalue weighted by molar-refractivity contribution is 0.255. The molecule has 122 valence electrons. The van der Waals surface area contributed by atoms with Gasteiger partial charge in [0.1, 0.15) is 0 Å². The van der Waals surface area contributed by atoms with E-state index in [9.17, 15) is 0 Å². The van der Waals surface area contributed by atoms with Crippen LogP contribution < -0.4 is 0 Å². The van der Waals surface area contributed by atoms with E-state index in [-0.39, 0.29) is 0 Å². The Balaban J connectivity index is 3.64. The lowest BCUT2D eigenvalue weighted by atomic mass is 10.1. The third kappa shape index (κ3) is 14.4. The molecule has 0 atom stereocenters. The van der Waals surface area contributed by atoms with Gasteiger partial charge in [0.25, 0.3) is 0 Å². The highest BCUT2D eigenvalue weighted by molar-refractivity contribution is 4.59. The Morgan fingerprint density at radius 1 is 0.400 bits per heavy atom. The Morgan fingerprint density at radius 2 is 0.700 bits per heavy atom. The molecule has 0 saturated heterocycles. The predicted molar refractivity (Wildman–Crippen MR) is 93.5 cm³/mol. The topological polar surface area (TPSA) is 3.24 Å². The lowest BCUT2D eigenvalue weighted by Crippen LogP contribution is -2.27. The molecule has 0 aromatic carbocycles. The van der Waals surface area contributed by atoms with Crippen LogP contribution in [0.5, 0.6) is 0 Å². The summed E-state index contributed by atoms with van der Waals surface area (Å²) in [5.41, 5.74) is 0. The van der Waals surface area contributed by atoms with Crippen LogP contribution in [0.25, 0.3) is 0 Å². The molecule has 20 heavy (non-hydrogen) atoms. The number of rotatable bonds is 16. The summed E-state index contributed by atoms with van der Waals surface area (Å²) in [4.78, 5) is 2.74. The molecule has 0 unspecified atom stereocenters. The van der Waals surface area contributed by atoms with E-state index < -0.39 is 0 Å². The molecule has 0 heterocycles. The van der Waals surface area contributed by atoms with Crippen molar-refractivity contribution in [2.24, 2.45) is 0 Å². The zero-order valence-corrected chi connectivity index (χ0v) is 14.8. The van der Waals surface area contributed by atoms with E-state index in [0.717, 1.165) is 0 Å². The molecule has 0 aromatic heterocycles. The van der Waals surface area contributed by atoms with Crippen LogP contribution in [0.2, 0.25) is 0 Å². The second-order valence-electron chi connectivity index (χ2n) is 6.38. The predicted octanol–water partition coefficient (Wildman–Crippen LogP) is 6.42. The Bertz CT molecular complexity index is 153. The van der Waals surface area contributed by atoms with Crippen molar-refractivity contribution >= 4 is 0 Å². The van der Waals surface area contributed by atoms with Gasteiger partial charge in [0.2, 0.25) is 0 Å². The van der Waals surface area contributed by atoms with E-state index in [2.05, 4.69) is 25.7 Å². The van der Waals surface area contributed by atoms with Crippen LogP contribution in [0, 0.1) is 0 Å². The Morgan fingerprint density at radius 3 is 1.10 bits per heavy atom. The first-order valence-corrected chi connectivity index (χ1v) is 9.57. The number of hydrogen-bond acceptors (Lipinski definition) is 1. The molecular formula is C19H41N. The molecule has 1 heteroatoms. The van der Waals surface area contributed by atoms with Crippen molar-refractivity contribution < 1.29 is 0 Å². The maximum absolute atomic E-state index is 2.74. The molecule has 0 amide bonds. The van der Waals surface area contributed by atoms with Crippen molar-refractivity contribution in [3.05, 3.63) is 0 Å². The van der Waals surface area contributed by atoms with Crippen LogP contribution in [-0.4, -0.2) is 24.5 Å². The van der Waals surface area contributed by atoms with Crippen molar-refractivity contribution in [1.82, 2.24) is 4.90 Å². The summed E-state index contributed by atoms with van der Waals surface area (Å²) >= 11 is 0. The summed E-state index contributed by atoms with van der Waals surface area (Å²) in [5.74, 6) is 0. The van der Waals surface area contributed by atoms with Crippen molar-refractivity contribution in [3.63, 3.8) is 0 Å². The first kappa shape index (κ1) is 20.0. The fourth-order valence-corrected chi connectivity index (χ4v) is 2.80. The molecule has 0 aromatic rings. The molecule has 0 radical (unpaired) electrons. The maximum atomic E-state index is 2.74. The smallest absolute Gasteiger partial charge is 0.00187 e. The second-order valence-corrected chi connectivity index (χ2v) is 6.38. The number of nitrogens with zero attached hydrogens (tertiary/aromatic N) is 1. The first-order valence-electron chi connectivity index (χ1n) is 9.57. The van der Waals surface area contributed by atoms with Crippen molar-refractivity contribution in [2.75, 3.05) is 19.6 Å². The molecule has 0 spiro atoms. The highest BCUT2D eigenvalue weighted by atomic mass is 15.1. The van der Waals surface area contributed by atoms with E-state index >= 15 is 0 Å². The minimum absolute atomic E-state index is 1.34. The quantitative estimate of drug-likeness (QED) is 0.295. The molecule has 0 saturated carbocycles. The lowest BCUT2D eigenvalue weighted by Gasteiger charge is -2.22. The SMILES string of the molecule is CCCCCCCN(CCCCC)CCCCCCC. The summed E-state index contributed by atoms with van der Waals surface area (Å²) < 4.78 is 0. The molecule has 0 fully saturated rings. The van der Waals surface area contributed by atoms with E-state index in [4.69, 9.17) is 0 Å². The number of hydrogen-bond donors (Lipinski definition) is 0. The van der Waals surface area contributed by atoms with Gasteiger partial charge in [-0.15, -0.1) is 0 Å². The Kier molecular flexibility index (Phi) is 17.0. The van der Waals surface area contributed by atoms with E-state index in [1.807, 2.05) is 0 Å². The average Bonchev–Trinajstić information content (AvgIpc) is 2.46. The van der Waals surface area contributed by atoms with Crippen LogP contribution in [0.1, 0.15) is 104 Å². The summed E-state index contributed by atoms with van der Waals surface area (Å²) in [7, 11) is 0. The summed E-state index contributed by atoms with van der Waals surface area (Å²) in [6.45, 7) is 10.9. The van der Waals surface area contributed by atoms with Crippen LogP contribution in [-0.2, 0) is 0 Å². The van der Waals surface area contributed by atoms with Crippen LogP contribution in [0.15, 0.2) is 0 Å². The molecule has 0 bridgehead atoms. The number of unbranched alkanes of at least 4 members (excludes halogenated alkanes) is 10. The van der Waals surface area contributed by atoms with Gasteiger partial charge in [-0.25, -0.2) is 0 Å². The van der Waals surface area contributed by atoms with E-state index in [1.54, 1.807) is 0 Å². The minimum Gasteiger partial charge on any atom is -0.303 e. The molecule has 0 rings (SSSR count). The normalized spacial score (nSPS) is 11.4. The molecule has 0 aliphatic heterocycles. The Hall–Kier alpha value is -0.0400. The van der Waals surface area contributed by atoms with Crippen molar-refractivity contribution in [1.29, 1.82) is 0 Å². The second kappa shape index (κ2) is 17.0. The van der Waals surface area contributed by atoms with Gasteiger partial charge in [-0.05, 0) is 38.9 Å². The van der Waals surface area contributed by atoms with Gasteiger partial charge in [-0.3, -0.25) is 0 Å². The minimum atomic E-state index is 1.34. The maximum Gasteiger partial charge on any atom is -0.00187 e. The van der Waals surface area contributed by atoms with E-state index in [0.29, 0.717) is 0 Å². The molecule has 0 N–H and O–H groups in total. The van der Waals surface area contributed by atoms with Crippen molar-refractivity contribution in [2.45, 2.75) is 104 Å². The molecule has 0 aliphatic carbocycles. The van der Waals surface area contributed by atoms with Gasteiger partial charge in [-0.2, -0.15) is 0 Å². The van der Waals surface area contributed by atoms with Gasteiger partial charge in [0.05, 0.1) is 0 Å². The first-order chi connectivity index (χ1) is 9.85. The Labute approximate surface area is 129 Å². The fraction of sp³-hybridized carbons (Fsp3) is 1.00. The zero-order chi connectivity index (χ0) is 14.9. The summed E-state index contributed by atoms with van der Waals surface area (Å²) in [6.07, 6.45) is 18.3. The molecule has 0 aliphatic rings. The third-order valence-corrected chi connectivity index (χ3v) is 4.23. The summed E-state index contributed by atoms with van der Waals surface area (Å²) in [5, 5.41) is 0. The van der Waals surface area contributed by atoms with Gasteiger partial charge in [0, 0.05) is 0 Å². The van der Waals surface area contributed by atoms with Gasteiger partial charge in [-0.1, -0.05) is 85.0 Å². The zero-order valence-electron chi connectivity index (χ0n) is 14.8.